The van der Waals surface area contributed by atoms with E-state index < -0.39 is 0 Å². The number of allylic oxidation sites excluding steroid dienone is 5. The predicted molar refractivity (Wildman–Crippen MR) is 130 cm³/mol. The van der Waals surface area contributed by atoms with E-state index in [0.717, 1.165) is 39.5 Å². The van der Waals surface area contributed by atoms with Crippen LogP contribution in [-0.4, -0.2) is 16.6 Å². The highest BCUT2D eigenvalue weighted by atomic mass is 16.3. The van der Waals surface area contributed by atoms with Gasteiger partial charge in [0.25, 0.3) is 0 Å². The first-order chi connectivity index (χ1) is 15.1. The van der Waals surface area contributed by atoms with Crippen LogP contribution in [0.5, 0.6) is 0 Å². The molecule has 2 aromatic carbocycles. The van der Waals surface area contributed by atoms with Crippen LogP contribution in [0.4, 0.5) is 11.4 Å². The van der Waals surface area contributed by atoms with Crippen LogP contribution >= 0.6 is 0 Å². The van der Waals surface area contributed by atoms with Gasteiger partial charge in [0.1, 0.15) is 5.76 Å². The Balaban J connectivity index is 1.59. The fraction of sp³-hybridized carbons (Fsp3) is 0.286. The summed E-state index contributed by atoms with van der Waals surface area (Å²) in [5, 5.41) is 14.5. The molecule has 0 aromatic heterocycles. The molecule has 2 aliphatic heterocycles. The number of aliphatic imine (C=N–C) groups is 1. The topological polar surface area (TPSA) is 61.7 Å². The molecule has 4 nitrogen and oxygen atoms in total. The summed E-state index contributed by atoms with van der Waals surface area (Å²) in [4.78, 5) is 18.2. The number of fused-ring (bicyclic) bond motifs is 2. The Bertz CT molecular complexity index is 1330. The number of hydrogen-bond donors (Lipinski definition) is 2. The maximum atomic E-state index is 13.3. The van der Waals surface area contributed by atoms with Gasteiger partial charge in [-0.25, -0.2) is 0 Å². The van der Waals surface area contributed by atoms with Crippen molar-refractivity contribution >= 4 is 22.9 Å². The number of aliphatic hydroxyl groups is 1. The molecule has 0 radical (unpaired) electrons. The predicted octanol–water partition coefficient (Wildman–Crippen LogP) is 6.44. The molecule has 1 aliphatic carbocycles. The summed E-state index contributed by atoms with van der Waals surface area (Å²) in [5.74, 6) is -0.0477. The molecule has 0 amide bonds. The third-order valence-electron chi connectivity index (χ3n) is 7.29. The van der Waals surface area contributed by atoms with Gasteiger partial charge in [0.2, 0.25) is 5.78 Å². The van der Waals surface area contributed by atoms with Crippen molar-refractivity contribution in [1.29, 1.82) is 0 Å². The van der Waals surface area contributed by atoms with Gasteiger partial charge < -0.3 is 10.4 Å². The molecule has 4 heteroatoms. The van der Waals surface area contributed by atoms with Gasteiger partial charge in [0, 0.05) is 22.2 Å². The average molecular weight is 425 g/mol. The molecule has 0 saturated carbocycles. The number of benzene rings is 2. The minimum absolute atomic E-state index is 0.0699. The second-order valence-electron chi connectivity index (χ2n) is 9.95. The van der Waals surface area contributed by atoms with Gasteiger partial charge >= 0.3 is 0 Å². The normalized spacial score (nSPS) is 23.2. The molecule has 2 N–H and O–H groups in total. The van der Waals surface area contributed by atoms with Gasteiger partial charge in [-0.2, -0.15) is 0 Å². The van der Waals surface area contributed by atoms with Crippen LogP contribution in [0.2, 0.25) is 0 Å². The second kappa shape index (κ2) is 6.55. The van der Waals surface area contributed by atoms with Crippen molar-refractivity contribution < 1.29 is 9.90 Å². The van der Waals surface area contributed by atoms with Crippen molar-refractivity contribution in [2.45, 2.75) is 52.4 Å². The van der Waals surface area contributed by atoms with Gasteiger partial charge in [-0.1, -0.05) is 64.1 Å². The summed E-state index contributed by atoms with van der Waals surface area (Å²) in [6, 6.07) is 16.2. The highest BCUT2D eigenvalue weighted by molar-refractivity contribution is 6.27. The van der Waals surface area contributed by atoms with E-state index in [4.69, 9.17) is 4.99 Å². The number of nitrogens with one attached hydrogen (secondary N) is 1. The summed E-state index contributed by atoms with van der Waals surface area (Å²) in [5.41, 5.74) is 7.81. The maximum Gasteiger partial charge on any atom is 0.201 e. The monoisotopic (exact) mass is 424 g/mol. The minimum atomic E-state index is -0.325. The molecular formula is C28H28N2O2. The molecule has 32 heavy (non-hydrogen) atoms. The Kier molecular flexibility index (Phi) is 4.20. The molecule has 3 aliphatic rings. The van der Waals surface area contributed by atoms with Crippen LogP contribution in [0.3, 0.4) is 0 Å². The number of para-hydroxylation sites is 2. The molecule has 0 unspecified atom stereocenters. The number of hydrogen-bond acceptors (Lipinski definition) is 4. The molecule has 2 aromatic rings. The molecule has 162 valence electrons. The zero-order valence-corrected chi connectivity index (χ0v) is 19.4. The summed E-state index contributed by atoms with van der Waals surface area (Å²) < 4.78 is 0. The first kappa shape index (κ1) is 20.5. The van der Waals surface area contributed by atoms with Crippen molar-refractivity contribution in [3.63, 3.8) is 0 Å². The number of anilines is 1. The fourth-order valence-electron chi connectivity index (χ4n) is 5.51. The lowest BCUT2D eigenvalue weighted by molar-refractivity contribution is -0.113. The molecule has 0 fully saturated rings. The lowest BCUT2D eigenvalue weighted by Gasteiger charge is -2.30. The van der Waals surface area contributed by atoms with E-state index in [1.165, 1.54) is 5.56 Å². The van der Waals surface area contributed by atoms with Crippen LogP contribution in [0.25, 0.3) is 0 Å². The SMILES string of the molecule is C/C(C1=Nc2ccccc2C1(C)C)=C1/C(=O)C(C(/C)=C2/Nc3ccccc3C2(C)C)=C1O. The van der Waals surface area contributed by atoms with E-state index in [0.29, 0.717) is 11.1 Å². The van der Waals surface area contributed by atoms with Crippen LogP contribution in [0.15, 0.2) is 87.3 Å². The van der Waals surface area contributed by atoms with Crippen molar-refractivity contribution in [2.24, 2.45) is 4.99 Å². The highest BCUT2D eigenvalue weighted by Gasteiger charge is 2.44. The van der Waals surface area contributed by atoms with E-state index >= 15 is 0 Å². The smallest absolute Gasteiger partial charge is 0.201 e. The lowest BCUT2D eigenvalue weighted by atomic mass is 9.73. The molecule has 0 saturated heterocycles. The first-order valence-electron chi connectivity index (χ1n) is 11.0. The largest absolute Gasteiger partial charge is 0.506 e. The number of nitrogens with zero attached hydrogens (tertiary/aromatic N) is 1. The van der Waals surface area contributed by atoms with E-state index in [1.54, 1.807) is 0 Å². The van der Waals surface area contributed by atoms with Crippen molar-refractivity contribution in [3.05, 3.63) is 93.4 Å². The third kappa shape index (κ3) is 2.56. The fourth-order valence-corrected chi connectivity index (χ4v) is 5.51. The number of ketones is 1. The number of carbonyl (C=O) groups excluding carboxylic acids is 1. The van der Waals surface area contributed by atoms with E-state index in [1.807, 2.05) is 50.2 Å². The Hall–Kier alpha value is -3.40. The van der Waals surface area contributed by atoms with E-state index in [2.05, 4.69) is 45.1 Å². The summed E-state index contributed by atoms with van der Waals surface area (Å²) >= 11 is 0. The van der Waals surface area contributed by atoms with Gasteiger partial charge in [-0.15, -0.1) is 0 Å². The molecule has 2 heterocycles. The van der Waals surface area contributed by atoms with Crippen LogP contribution in [0.1, 0.15) is 52.7 Å². The average Bonchev–Trinajstić information content (AvgIpc) is 3.18. The molecule has 0 atom stereocenters. The Morgan fingerprint density at radius 1 is 0.875 bits per heavy atom. The Morgan fingerprint density at radius 2 is 1.50 bits per heavy atom. The van der Waals surface area contributed by atoms with Crippen molar-refractivity contribution in [1.82, 2.24) is 0 Å². The zero-order chi connectivity index (χ0) is 23.0. The van der Waals surface area contributed by atoms with Crippen LogP contribution < -0.4 is 5.32 Å². The number of Topliss-reactive ketones (excluding diaryl/α,β-unsaturated/α-hetero) is 1. The van der Waals surface area contributed by atoms with Crippen molar-refractivity contribution in [2.75, 3.05) is 5.32 Å². The molecule has 5 rings (SSSR count). The van der Waals surface area contributed by atoms with E-state index in [9.17, 15) is 9.90 Å². The Labute approximate surface area is 189 Å². The second-order valence-corrected chi connectivity index (χ2v) is 9.95. The maximum absolute atomic E-state index is 13.3. The van der Waals surface area contributed by atoms with E-state index in [-0.39, 0.29) is 22.4 Å². The van der Waals surface area contributed by atoms with Gasteiger partial charge in [0.15, 0.2) is 0 Å². The molecular weight excluding hydrogens is 396 g/mol. The number of aliphatic hydroxyl groups excluding tert-OH is 1. The summed E-state index contributed by atoms with van der Waals surface area (Å²) in [6.45, 7) is 12.3. The minimum Gasteiger partial charge on any atom is -0.506 e. The molecule has 0 spiro atoms. The van der Waals surface area contributed by atoms with Crippen LogP contribution in [-0.2, 0) is 15.6 Å². The number of carbonyl (C=O) groups is 1. The number of rotatable bonds is 2. The van der Waals surface area contributed by atoms with Crippen LogP contribution in [0, 0.1) is 0 Å². The standard InChI is InChI=1S/C28H28N2O2/c1-15(25-27(3,4)17-11-7-9-13-19(17)29-25)21-23(31)22(24(21)32)16(2)26-28(5,6)18-12-8-10-14-20(18)30-26/h7-14,29,31H,1-6H3/b22-16-,25-15+. The van der Waals surface area contributed by atoms with Gasteiger partial charge in [0.05, 0.1) is 22.5 Å². The zero-order valence-electron chi connectivity index (χ0n) is 19.4. The Morgan fingerprint density at radius 3 is 2.12 bits per heavy atom. The first-order valence-corrected chi connectivity index (χ1v) is 11.0. The summed E-state index contributed by atoms with van der Waals surface area (Å²) in [7, 11) is 0. The quantitative estimate of drug-likeness (QED) is 0.546. The van der Waals surface area contributed by atoms with Gasteiger partial charge in [-0.05, 0) is 48.3 Å². The lowest BCUT2D eigenvalue weighted by Crippen LogP contribution is -2.32. The van der Waals surface area contributed by atoms with Crippen molar-refractivity contribution in [3.8, 4) is 0 Å². The van der Waals surface area contributed by atoms with Gasteiger partial charge in [-0.3, -0.25) is 9.79 Å². The highest BCUT2D eigenvalue weighted by Crippen LogP contribution is 2.48. The molecule has 0 bridgehead atoms. The third-order valence-corrected chi connectivity index (χ3v) is 7.29. The summed E-state index contributed by atoms with van der Waals surface area (Å²) in [6.07, 6.45) is 0.